The van der Waals surface area contributed by atoms with E-state index in [1.807, 2.05) is 4.90 Å². The molecule has 1 aliphatic carbocycles. The normalized spacial score (nSPS) is 14.6. The van der Waals surface area contributed by atoms with Crippen LogP contribution in [-0.2, 0) is 4.74 Å². The first-order valence-corrected chi connectivity index (χ1v) is 5.74. The number of ether oxygens (including phenoxy) is 1. The van der Waals surface area contributed by atoms with Crippen molar-refractivity contribution in [2.45, 2.75) is 18.9 Å². The third kappa shape index (κ3) is 2.94. The summed E-state index contributed by atoms with van der Waals surface area (Å²) in [6, 6.07) is 3.73. The molecule has 5 heteroatoms. The van der Waals surface area contributed by atoms with Crippen molar-refractivity contribution in [2.24, 2.45) is 0 Å². The lowest BCUT2D eigenvalue weighted by molar-refractivity contribution is 0.0680. The SMILES string of the molecule is COCCN(C(=O)c1ccc(N)nc1)C1CC1. The van der Waals surface area contributed by atoms with Crippen LogP contribution in [0.3, 0.4) is 0 Å². The van der Waals surface area contributed by atoms with Gasteiger partial charge in [-0.15, -0.1) is 0 Å². The molecule has 1 heterocycles. The maximum atomic E-state index is 12.2. The molecule has 5 nitrogen and oxygen atoms in total. The first kappa shape index (κ1) is 11.9. The standard InChI is InChI=1S/C12H17N3O2/c1-17-7-6-15(10-3-4-10)12(16)9-2-5-11(13)14-8-9/h2,5,8,10H,3-4,6-7H2,1H3,(H2,13,14). The smallest absolute Gasteiger partial charge is 0.255 e. The number of anilines is 1. The fourth-order valence-corrected chi connectivity index (χ4v) is 1.72. The summed E-state index contributed by atoms with van der Waals surface area (Å²) in [5.74, 6) is 0.438. The van der Waals surface area contributed by atoms with Crippen molar-refractivity contribution in [3.8, 4) is 0 Å². The number of amides is 1. The molecule has 0 bridgehead atoms. The average Bonchev–Trinajstić information content (AvgIpc) is 3.14. The minimum absolute atomic E-state index is 0.0112. The molecule has 1 aromatic heterocycles. The number of pyridine rings is 1. The summed E-state index contributed by atoms with van der Waals surface area (Å²) in [6.45, 7) is 1.19. The third-order valence-corrected chi connectivity index (χ3v) is 2.82. The van der Waals surface area contributed by atoms with E-state index < -0.39 is 0 Å². The predicted octanol–water partition coefficient (Wildman–Crippen LogP) is 0.915. The van der Waals surface area contributed by atoms with Crippen LogP contribution in [0.1, 0.15) is 23.2 Å². The van der Waals surface area contributed by atoms with Crippen molar-refractivity contribution in [3.63, 3.8) is 0 Å². The van der Waals surface area contributed by atoms with Crippen LogP contribution in [-0.4, -0.2) is 42.1 Å². The molecule has 2 rings (SSSR count). The molecule has 0 radical (unpaired) electrons. The quantitative estimate of drug-likeness (QED) is 0.823. The number of aromatic nitrogens is 1. The maximum Gasteiger partial charge on any atom is 0.255 e. The van der Waals surface area contributed by atoms with Gasteiger partial charge in [-0.1, -0.05) is 0 Å². The largest absolute Gasteiger partial charge is 0.384 e. The Balaban J connectivity index is 2.07. The molecule has 1 aliphatic rings. The van der Waals surface area contributed by atoms with E-state index in [1.54, 1.807) is 19.2 Å². The maximum absolute atomic E-state index is 12.2. The monoisotopic (exact) mass is 235 g/mol. The van der Waals surface area contributed by atoms with E-state index in [2.05, 4.69) is 4.98 Å². The highest BCUT2D eigenvalue weighted by atomic mass is 16.5. The van der Waals surface area contributed by atoms with E-state index in [1.165, 1.54) is 6.20 Å². The van der Waals surface area contributed by atoms with E-state index in [-0.39, 0.29) is 5.91 Å². The van der Waals surface area contributed by atoms with Gasteiger partial charge in [0.2, 0.25) is 0 Å². The predicted molar refractivity (Wildman–Crippen MR) is 64.6 cm³/mol. The molecule has 0 saturated heterocycles. The number of nitrogens with zero attached hydrogens (tertiary/aromatic N) is 2. The Hall–Kier alpha value is -1.62. The second-order valence-corrected chi connectivity index (χ2v) is 4.19. The molecule has 0 aliphatic heterocycles. The van der Waals surface area contributed by atoms with E-state index in [0.29, 0.717) is 30.6 Å². The minimum atomic E-state index is 0.0112. The van der Waals surface area contributed by atoms with Gasteiger partial charge in [-0.05, 0) is 25.0 Å². The zero-order chi connectivity index (χ0) is 12.3. The van der Waals surface area contributed by atoms with Crippen LogP contribution in [0.4, 0.5) is 5.82 Å². The molecule has 1 fully saturated rings. The van der Waals surface area contributed by atoms with E-state index >= 15 is 0 Å². The lowest BCUT2D eigenvalue weighted by Crippen LogP contribution is -2.35. The highest BCUT2D eigenvalue weighted by Crippen LogP contribution is 2.27. The third-order valence-electron chi connectivity index (χ3n) is 2.82. The van der Waals surface area contributed by atoms with Crippen molar-refractivity contribution in [1.82, 2.24) is 9.88 Å². The van der Waals surface area contributed by atoms with Gasteiger partial charge in [0.25, 0.3) is 5.91 Å². The number of nitrogen functional groups attached to an aromatic ring is 1. The molecule has 1 amide bonds. The lowest BCUT2D eigenvalue weighted by atomic mass is 10.2. The molecule has 0 atom stereocenters. The molecule has 1 aromatic rings. The summed E-state index contributed by atoms with van der Waals surface area (Å²) >= 11 is 0. The van der Waals surface area contributed by atoms with Gasteiger partial charge < -0.3 is 15.4 Å². The minimum Gasteiger partial charge on any atom is -0.384 e. The first-order valence-electron chi connectivity index (χ1n) is 5.74. The molecule has 0 aromatic carbocycles. The Morgan fingerprint density at radius 1 is 1.59 bits per heavy atom. The lowest BCUT2D eigenvalue weighted by Gasteiger charge is -2.21. The fraction of sp³-hybridized carbons (Fsp3) is 0.500. The number of nitrogens with two attached hydrogens (primary N) is 1. The van der Waals surface area contributed by atoms with Crippen LogP contribution >= 0.6 is 0 Å². The Morgan fingerprint density at radius 2 is 2.35 bits per heavy atom. The van der Waals surface area contributed by atoms with Crippen molar-refractivity contribution in [1.29, 1.82) is 0 Å². The number of hydrogen-bond acceptors (Lipinski definition) is 4. The molecule has 0 unspecified atom stereocenters. The Bertz CT molecular complexity index is 387. The molecule has 92 valence electrons. The molecule has 0 spiro atoms. The zero-order valence-electron chi connectivity index (χ0n) is 9.93. The van der Waals surface area contributed by atoms with Crippen LogP contribution in [0.25, 0.3) is 0 Å². The Kier molecular flexibility index (Phi) is 3.58. The number of carbonyl (C=O) groups is 1. The molecule has 1 saturated carbocycles. The summed E-state index contributed by atoms with van der Waals surface area (Å²) in [6.07, 6.45) is 3.69. The summed E-state index contributed by atoms with van der Waals surface area (Å²) in [7, 11) is 1.64. The van der Waals surface area contributed by atoms with Crippen LogP contribution in [0.15, 0.2) is 18.3 Å². The second-order valence-electron chi connectivity index (χ2n) is 4.19. The van der Waals surface area contributed by atoms with Crippen LogP contribution in [0, 0.1) is 0 Å². The molecular weight excluding hydrogens is 218 g/mol. The number of hydrogen-bond donors (Lipinski definition) is 1. The van der Waals surface area contributed by atoms with E-state index in [0.717, 1.165) is 12.8 Å². The second kappa shape index (κ2) is 5.14. The summed E-state index contributed by atoms with van der Waals surface area (Å²) < 4.78 is 5.03. The molecule has 2 N–H and O–H groups in total. The average molecular weight is 235 g/mol. The fourth-order valence-electron chi connectivity index (χ4n) is 1.72. The first-order chi connectivity index (χ1) is 8.22. The van der Waals surface area contributed by atoms with Crippen molar-refractivity contribution in [2.75, 3.05) is 26.0 Å². The van der Waals surface area contributed by atoms with Gasteiger partial charge in [-0.3, -0.25) is 4.79 Å². The Labute approximate surface area is 101 Å². The van der Waals surface area contributed by atoms with Gasteiger partial charge in [0.1, 0.15) is 5.82 Å². The summed E-state index contributed by atoms with van der Waals surface area (Å²) in [4.78, 5) is 18.0. The Morgan fingerprint density at radius 3 is 2.88 bits per heavy atom. The highest BCUT2D eigenvalue weighted by Gasteiger charge is 2.32. The van der Waals surface area contributed by atoms with Gasteiger partial charge in [0.05, 0.1) is 12.2 Å². The van der Waals surface area contributed by atoms with Gasteiger partial charge in [-0.2, -0.15) is 0 Å². The van der Waals surface area contributed by atoms with Gasteiger partial charge >= 0.3 is 0 Å². The number of carbonyl (C=O) groups excluding carboxylic acids is 1. The van der Waals surface area contributed by atoms with E-state index in [4.69, 9.17) is 10.5 Å². The van der Waals surface area contributed by atoms with Gasteiger partial charge in [-0.25, -0.2) is 4.98 Å². The molecular formula is C12H17N3O2. The van der Waals surface area contributed by atoms with Crippen molar-refractivity contribution in [3.05, 3.63) is 23.9 Å². The summed E-state index contributed by atoms with van der Waals surface area (Å²) in [5, 5.41) is 0. The van der Waals surface area contributed by atoms with Crippen LogP contribution in [0.5, 0.6) is 0 Å². The van der Waals surface area contributed by atoms with Crippen LogP contribution in [0.2, 0.25) is 0 Å². The summed E-state index contributed by atoms with van der Waals surface area (Å²) in [5.41, 5.74) is 6.08. The van der Waals surface area contributed by atoms with Crippen molar-refractivity contribution >= 4 is 11.7 Å². The van der Waals surface area contributed by atoms with Gasteiger partial charge in [0.15, 0.2) is 0 Å². The zero-order valence-corrected chi connectivity index (χ0v) is 9.93. The molecule has 17 heavy (non-hydrogen) atoms. The van der Waals surface area contributed by atoms with Crippen LogP contribution < -0.4 is 5.73 Å². The van der Waals surface area contributed by atoms with Crippen molar-refractivity contribution < 1.29 is 9.53 Å². The van der Waals surface area contributed by atoms with E-state index in [9.17, 15) is 4.79 Å². The topological polar surface area (TPSA) is 68.5 Å². The van der Waals surface area contributed by atoms with Gasteiger partial charge in [0, 0.05) is 25.9 Å². The highest BCUT2D eigenvalue weighted by molar-refractivity contribution is 5.94. The number of rotatable bonds is 5. The number of methoxy groups -OCH3 is 1.